The van der Waals surface area contributed by atoms with E-state index in [2.05, 4.69) is 10.2 Å². The predicted molar refractivity (Wildman–Crippen MR) is 41.2 cm³/mol. The van der Waals surface area contributed by atoms with Gasteiger partial charge >= 0.3 is 6.18 Å². The quantitative estimate of drug-likeness (QED) is 0.813. The van der Waals surface area contributed by atoms with Gasteiger partial charge in [0.15, 0.2) is 5.82 Å². The molecule has 0 fully saturated rings. The number of aromatic nitrogens is 3. The van der Waals surface area contributed by atoms with Gasteiger partial charge in [0.1, 0.15) is 6.61 Å². The summed E-state index contributed by atoms with van der Waals surface area (Å²) in [5.74, 6) is -1.11. The molecule has 14 heavy (non-hydrogen) atoms. The van der Waals surface area contributed by atoms with Gasteiger partial charge in [-0.05, 0) is 6.42 Å². The van der Waals surface area contributed by atoms with Gasteiger partial charge in [-0.1, -0.05) is 6.92 Å². The summed E-state index contributed by atoms with van der Waals surface area (Å²) in [5, 5.41) is 15.0. The highest BCUT2D eigenvalue weighted by Crippen LogP contribution is 2.28. The van der Waals surface area contributed by atoms with Gasteiger partial charge < -0.3 is 9.67 Å². The fraction of sp³-hybridized carbons (Fsp3) is 0.714. The molecular formula is C7H10F3N3O. The van der Waals surface area contributed by atoms with Crippen molar-refractivity contribution in [3.63, 3.8) is 0 Å². The van der Waals surface area contributed by atoms with Crippen molar-refractivity contribution in [3.8, 4) is 0 Å². The van der Waals surface area contributed by atoms with E-state index in [1.165, 1.54) is 0 Å². The summed E-state index contributed by atoms with van der Waals surface area (Å²) < 4.78 is 37.8. The van der Waals surface area contributed by atoms with Gasteiger partial charge in [0.05, 0.1) is 0 Å². The molecule has 1 aromatic rings. The van der Waals surface area contributed by atoms with Crippen LogP contribution in [0.3, 0.4) is 0 Å². The lowest BCUT2D eigenvalue weighted by Crippen LogP contribution is -2.16. The molecule has 0 saturated heterocycles. The molecule has 1 heterocycles. The molecule has 1 aromatic heterocycles. The molecule has 0 radical (unpaired) electrons. The first kappa shape index (κ1) is 11.0. The van der Waals surface area contributed by atoms with Crippen LogP contribution in [0.1, 0.15) is 25.0 Å². The first-order chi connectivity index (χ1) is 6.50. The molecule has 0 saturated carbocycles. The van der Waals surface area contributed by atoms with Gasteiger partial charge in [0.25, 0.3) is 0 Å². The molecule has 1 N–H and O–H groups in total. The first-order valence-electron chi connectivity index (χ1n) is 4.10. The summed E-state index contributed by atoms with van der Waals surface area (Å²) in [6, 6.07) is 0. The Morgan fingerprint density at radius 1 is 1.36 bits per heavy atom. The Kier molecular flexibility index (Phi) is 3.10. The molecule has 0 bridgehead atoms. The molecule has 1 rings (SSSR count). The van der Waals surface area contributed by atoms with E-state index in [4.69, 9.17) is 5.11 Å². The van der Waals surface area contributed by atoms with Crippen molar-refractivity contribution >= 4 is 0 Å². The molecule has 0 unspecified atom stereocenters. The Morgan fingerprint density at radius 2 is 2.00 bits per heavy atom. The molecule has 0 aliphatic rings. The van der Waals surface area contributed by atoms with Crippen molar-refractivity contribution in [1.29, 1.82) is 0 Å². The predicted octanol–water partition coefficient (Wildman–Crippen LogP) is 1.20. The van der Waals surface area contributed by atoms with Crippen molar-refractivity contribution in [2.24, 2.45) is 0 Å². The number of alkyl halides is 3. The van der Waals surface area contributed by atoms with Gasteiger partial charge in [-0.2, -0.15) is 13.2 Å². The maximum atomic E-state index is 12.3. The Balaban J connectivity index is 3.10. The van der Waals surface area contributed by atoms with E-state index in [9.17, 15) is 13.2 Å². The zero-order chi connectivity index (χ0) is 10.8. The van der Waals surface area contributed by atoms with Crippen LogP contribution >= 0.6 is 0 Å². The minimum atomic E-state index is -4.52. The third-order valence-electron chi connectivity index (χ3n) is 1.67. The molecule has 0 amide bonds. The Hall–Kier alpha value is -1.11. The van der Waals surface area contributed by atoms with E-state index in [-0.39, 0.29) is 12.4 Å². The molecular weight excluding hydrogens is 199 g/mol. The van der Waals surface area contributed by atoms with Crippen molar-refractivity contribution in [1.82, 2.24) is 14.8 Å². The topological polar surface area (TPSA) is 50.9 Å². The minimum Gasteiger partial charge on any atom is -0.388 e. The second-order valence-electron chi connectivity index (χ2n) is 2.75. The highest BCUT2D eigenvalue weighted by atomic mass is 19.4. The monoisotopic (exact) mass is 209 g/mol. The van der Waals surface area contributed by atoms with E-state index in [0.717, 1.165) is 4.57 Å². The zero-order valence-corrected chi connectivity index (χ0v) is 7.54. The molecule has 4 nitrogen and oxygen atoms in total. The largest absolute Gasteiger partial charge is 0.451 e. The minimum absolute atomic E-state index is 0.0563. The number of rotatable bonds is 3. The van der Waals surface area contributed by atoms with E-state index in [1.807, 2.05) is 0 Å². The van der Waals surface area contributed by atoms with Crippen LogP contribution in [0, 0.1) is 0 Å². The maximum Gasteiger partial charge on any atom is 0.451 e. The van der Waals surface area contributed by atoms with E-state index in [0.29, 0.717) is 6.42 Å². The summed E-state index contributed by atoms with van der Waals surface area (Å²) in [6.45, 7) is 1.35. The van der Waals surface area contributed by atoms with Crippen LogP contribution in [-0.4, -0.2) is 19.9 Å². The standard InChI is InChI=1S/C7H10F3N3O/c1-2-3-13-5(4-14)11-12-6(13)7(8,9)10/h14H,2-4H2,1H3. The van der Waals surface area contributed by atoms with Gasteiger partial charge in [-0.15, -0.1) is 10.2 Å². The molecule has 0 aromatic carbocycles. The maximum absolute atomic E-state index is 12.3. The van der Waals surface area contributed by atoms with E-state index < -0.39 is 18.6 Å². The molecule has 0 aliphatic heterocycles. The number of aliphatic hydroxyl groups excluding tert-OH is 1. The fourth-order valence-electron chi connectivity index (χ4n) is 1.12. The Morgan fingerprint density at radius 3 is 2.43 bits per heavy atom. The number of halogens is 3. The first-order valence-corrected chi connectivity index (χ1v) is 4.10. The highest BCUT2D eigenvalue weighted by Gasteiger charge is 2.38. The average Bonchev–Trinajstić information content (AvgIpc) is 2.47. The second-order valence-corrected chi connectivity index (χ2v) is 2.75. The summed E-state index contributed by atoms with van der Waals surface area (Å²) in [6.07, 6.45) is -4.00. The van der Waals surface area contributed by atoms with Crippen LogP contribution in [-0.2, 0) is 19.3 Å². The Bertz CT molecular complexity index is 308. The second kappa shape index (κ2) is 3.95. The van der Waals surface area contributed by atoms with Crippen LogP contribution < -0.4 is 0 Å². The van der Waals surface area contributed by atoms with Crippen LogP contribution in [0.4, 0.5) is 13.2 Å². The van der Waals surface area contributed by atoms with Crippen LogP contribution in [0.2, 0.25) is 0 Å². The van der Waals surface area contributed by atoms with Crippen LogP contribution in [0.25, 0.3) is 0 Å². The average molecular weight is 209 g/mol. The van der Waals surface area contributed by atoms with Gasteiger partial charge in [0.2, 0.25) is 5.82 Å². The Labute approximate surface area is 78.4 Å². The lowest BCUT2D eigenvalue weighted by atomic mass is 10.4. The SMILES string of the molecule is CCCn1c(CO)nnc1C(F)(F)F. The van der Waals surface area contributed by atoms with Gasteiger partial charge in [0, 0.05) is 6.54 Å². The lowest BCUT2D eigenvalue weighted by molar-refractivity contribution is -0.147. The lowest BCUT2D eigenvalue weighted by Gasteiger charge is -2.09. The van der Waals surface area contributed by atoms with Crippen LogP contribution in [0.5, 0.6) is 0 Å². The summed E-state index contributed by atoms with van der Waals surface area (Å²) in [7, 11) is 0. The van der Waals surface area contributed by atoms with Gasteiger partial charge in [-0.3, -0.25) is 0 Å². The number of nitrogens with zero attached hydrogens (tertiary/aromatic N) is 3. The number of hydrogen-bond donors (Lipinski definition) is 1. The molecule has 0 atom stereocenters. The van der Waals surface area contributed by atoms with E-state index in [1.54, 1.807) is 6.92 Å². The molecule has 80 valence electrons. The molecule has 0 aliphatic carbocycles. The highest BCUT2D eigenvalue weighted by molar-refractivity contribution is 4.98. The normalized spacial score (nSPS) is 12.1. The number of hydrogen-bond acceptors (Lipinski definition) is 3. The smallest absolute Gasteiger partial charge is 0.388 e. The summed E-state index contributed by atoms with van der Waals surface area (Å²) in [4.78, 5) is 0. The zero-order valence-electron chi connectivity index (χ0n) is 7.54. The number of aliphatic hydroxyl groups is 1. The van der Waals surface area contributed by atoms with Gasteiger partial charge in [-0.25, -0.2) is 0 Å². The van der Waals surface area contributed by atoms with Crippen molar-refractivity contribution < 1.29 is 18.3 Å². The third kappa shape index (κ3) is 2.03. The van der Waals surface area contributed by atoms with Crippen LogP contribution in [0.15, 0.2) is 0 Å². The summed E-state index contributed by atoms with van der Waals surface area (Å²) in [5.41, 5.74) is 0. The fourth-order valence-corrected chi connectivity index (χ4v) is 1.12. The molecule has 7 heteroatoms. The third-order valence-corrected chi connectivity index (χ3v) is 1.67. The van der Waals surface area contributed by atoms with E-state index >= 15 is 0 Å². The van der Waals surface area contributed by atoms with Crippen molar-refractivity contribution in [3.05, 3.63) is 11.6 Å². The summed E-state index contributed by atoms with van der Waals surface area (Å²) >= 11 is 0. The van der Waals surface area contributed by atoms with Crippen molar-refractivity contribution in [2.45, 2.75) is 32.7 Å². The van der Waals surface area contributed by atoms with Crippen molar-refractivity contribution in [2.75, 3.05) is 0 Å². The molecule has 0 spiro atoms.